The van der Waals surface area contributed by atoms with Gasteiger partial charge in [-0.2, -0.15) is 0 Å². The van der Waals surface area contributed by atoms with E-state index < -0.39 is 0 Å². The Morgan fingerprint density at radius 1 is 1.26 bits per heavy atom. The Morgan fingerprint density at radius 2 is 2.09 bits per heavy atom. The molecule has 0 aromatic carbocycles. The smallest absolute Gasteiger partial charge is 0.311 e. The Morgan fingerprint density at radius 3 is 2.88 bits per heavy atom. The van der Waals surface area contributed by atoms with Crippen molar-refractivity contribution in [3.8, 4) is 0 Å². The summed E-state index contributed by atoms with van der Waals surface area (Å²) in [6, 6.07) is 0.313. The fourth-order valence-electron chi connectivity index (χ4n) is 5.79. The maximum Gasteiger partial charge on any atom is 0.311 e. The molecule has 3 aliphatic heterocycles. The number of aliphatic imine (C=N–C) groups is 1. The van der Waals surface area contributed by atoms with Gasteiger partial charge in [-0.05, 0) is 88.6 Å². The number of hydrogen-bond donors (Lipinski definition) is 3. The number of nitrogens with zero attached hydrogens (tertiary/aromatic N) is 1. The highest BCUT2D eigenvalue weighted by atomic mass is 16.5. The zero-order valence-corrected chi connectivity index (χ0v) is 20.5. The summed E-state index contributed by atoms with van der Waals surface area (Å²) in [5, 5.41) is 7.06. The van der Waals surface area contributed by atoms with Crippen molar-refractivity contribution in [1.29, 1.82) is 0 Å². The molecule has 3 unspecified atom stereocenters. The van der Waals surface area contributed by atoms with Crippen molar-refractivity contribution in [2.24, 2.45) is 22.6 Å². The molecular weight excluding hydrogens is 424 g/mol. The first-order valence-corrected chi connectivity index (χ1v) is 12.9. The molecule has 0 spiro atoms. The average molecular weight is 463 g/mol. The maximum absolute atomic E-state index is 13.0. The summed E-state index contributed by atoms with van der Waals surface area (Å²) in [7, 11) is 0. The number of rotatable bonds is 4. The molecule has 5 aliphatic rings. The Balaban J connectivity index is 1.29. The third-order valence-corrected chi connectivity index (χ3v) is 7.90. The molecule has 4 N–H and O–H groups in total. The molecule has 0 bridgehead atoms. The number of hydrogen-bond acceptors (Lipinski definition) is 6. The van der Waals surface area contributed by atoms with Crippen LogP contribution >= 0.6 is 0 Å². The van der Waals surface area contributed by atoms with E-state index in [9.17, 15) is 4.79 Å². The Hall–Kier alpha value is -2.60. The second-order valence-electron chi connectivity index (χ2n) is 10.9. The summed E-state index contributed by atoms with van der Waals surface area (Å²) < 4.78 is 5.92. The van der Waals surface area contributed by atoms with Gasteiger partial charge < -0.3 is 21.1 Å². The first-order chi connectivity index (χ1) is 16.4. The van der Waals surface area contributed by atoms with Crippen LogP contribution in [0, 0.1) is 11.8 Å². The molecule has 1 saturated carbocycles. The summed E-state index contributed by atoms with van der Waals surface area (Å²) in [4.78, 5) is 17.8. The highest BCUT2D eigenvalue weighted by Crippen LogP contribution is 2.37. The van der Waals surface area contributed by atoms with E-state index in [0.29, 0.717) is 12.6 Å². The van der Waals surface area contributed by atoms with E-state index in [1.165, 1.54) is 22.6 Å². The van der Waals surface area contributed by atoms with Crippen LogP contribution in [0.2, 0.25) is 0 Å². The molecule has 0 saturated heterocycles. The van der Waals surface area contributed by atoms with Gasteiger partial charge in [0.1, 0.15) is 6.10 Å². The van der Waals surface area contributed by atoms with E-state index >= 15 is 0 Å². The van der Waals surface area contributed by atoms with Crippen LogP contribution in [-0.4, -0.2) is 35.9 Å². The molecule has 3 atom stereocenters. The number of nitrogens with two attached hydrogens (primary N) is 1. The van der Waals surface area contributed by atoms with Crippen molar-refractivity contribution in [3.05, 3.63) is 59.1 Å². The van der Waals surface area contributed by atoms with E-state index in [0.717, 1.165) is 57.1 Å². The molecule has 6 heteroatoms. The molecule has 3 heterocycles. The molecule has 0 amide bonds. The molecule has 34 heavy (non-hydrogen) atoms. The SMILES string of the molecule is CC1C=CC=C(C2=C(C3=CC4CC(C(=O)O[C@H]5CC[C@](C)(N)CC5)CN=C4CC3)CC=CN2)N1. The zero-order valence-electron chi connectivity index (χ0n) is 20.5. The van der Waals surface area contributed by atoms with Gasteiger partial charge in [-0.1, -0.05) is 24.3 Å². The number of esters is 1. The van der Waals surface area contributed by atoms with Gasteiger partial charge in [0.25, 0.3) is 0 Å². The van der Waals surface area contributed by atoms with Gasteiger partial charge in [0.15, 0.2) is 0 Å². The number of carbonyl (C=O) groups is 1. The molecule has 6 nitrogen and oxygen atoms in total. The standard InChI is InChI=1S/C28H38N4O2/c1-18-5-3-7-25(32-18)26-23(6-4-14-30-26)19-8-9-24-20(15-19)16-21(17-31-24)27(33)34-22-10-12-28(2,29)13-11-22/h3-5,7,14-15,18,20-22,30,32H,6,8-13,16-17,29H2,1-2H3/t18?,20?,21?,22-,28-. The molecule has 1 fully saturated rings. The van der Waals surface area contributed by atoms with E-state index in [-0.39, 0.29) is 29.4 Å². The minimum Gasteiger partial charge on any atom is -0.462 e. The first-order valence-electron chi connectivity index (χ1n) is 12.9. The maximum atomic E-state index is 13.0. The number of dihydropyridines is 2. The van der Waals surface area contributed by atoms with E-state index in [4.69, 9.17) is 15.5 Å². The zero-order chi connectivity index (χ0) is 23.7. The van der Waals surface area contributed by atoms with Gasteiger partial charge in [-0.15, -0.1) is 0 Å². The van der Waals surface area contributed by atoms with Crippen molar-refractivity contribution in [3.63, 3.8) is 0 Å². The lowest BCUT2D eigenvalue weighted by Gasteiger charge is -2.35. The summed E-state index contributed by atoms with van der Waals surface area (Å²) in [5.41, 5.74) is 12.4. The predicted molar refractivity (Wildman–Crippen MR) is 136 cm³/mol. The molecule has 182 valence electrons. The van der Waals surface area contributed by atoms with Crippen LogP contribution < -0.4 is 16.4 Å². The van der Waals surface area contributed by atoms with Crippen molar-refractivity contribution in [1.82, 2.24) is 10.6 Å². The predicted octanol–water partition coefficient (Wildman–Crippen LogP) is 4.18. The molecular formula is C28H38N4O2. The van der Waals surface area contributed by atoms with Crippen LogP contribution in [0.3, 0.4) is 0 Å². The Labute approximate surface area is 203 Å². The third kappa shape index (κ3) is 5.07. The fourth-order valence-corrected chi connectivity index (χ4v) is 5.79. The average Bonchev–Trinajstić information content (AvgIpc) is 2.84. The normalized spacial score (nSPS) is 35.3. The Bertz CT molecular complexity index is 1000. The van der Waals surface area contributed by atoms with Crippen molar-refractivity contribution >= 4 is 11.7 Å². The largest absolute Gasteiger partial charge is 0.462 e. The Kier molecular flexibility index (Phi) is 6.52. The number of fused-ring (bicyclic) bond motifs is 1. The number of ether oxygens (including phenoxy) is 1. The van der Waals surface area contributed by atoms with Gasteiger partial charge in [-0.3, -0.25) is 9.79 Å². The van der Waals surface area contributed by atoms with E-state index in [2.05, 4.69) is 54.9 Å². The van der Waals surface area contributed by atoms with Crippen molar-refractivity contribution in [2.45, 2.75) is 82.9 Å². The van der Waals surface area contributed by atoms with Crippen LogP contribution in [0.5, 0.6) is 0 Å². The second kappa shape index (κ2) is 9.57. The molecule has 2 aliphatic carbocycles. The monoisotopic (exact) mass is 462 g/mol. The molecule has 0 aromatic heterocycles. The van der Waals surface area contributed by atoms with Gasteiger partial charge >= 0.3 is 5.97 Å². The highest BCUT2D eigenvalue weighted by molar-refractivity contribution is 5.92. The molecule has 5 rings (SSSR count). The number of nitrogens with one attached hydrogen (secondary N) is 2. The van der Waals surface area contributed by atoms with E-state index in [1.807, 2.05) is 6.20 Å². The minimum atomic E-state index is -0.151. The fraction of sp³-hybridized carbons (Fsp3) is 0.571. The van der Waals surface area contributed by atoms with Crippen LogP contribution in [-0.2, 0) is 9.53 Å². The lowest BCUT2D eigenvalue weighted by molar-refractivity contribution is -0.156. The van der Waals surface area contributed by atoms with E-state index in [1.54, 1.807) is 0 Å². The molecule has 0 radical (unpaired) electrons. The van der Waals surface area contributed by atoms with Crippen LogP contribution in [0.1, 0.15) is 65.2 Å². The quantitative estimate of drug-likeness (QED) is 0.546. The van der Waals surface area contributed by atoms with Gasteiger partial charge in [0, 0.05) is 23.2 Å². The van der Waals surface area contributed by atoms with Crippen LogP contribution in [0.25, 0.3) is 0 Å². The topological polar surface area (TPSA) is 88.7 Å². The van der Waals surface area contributed by atoms with Crippen LogP contribution in [0.4, 0.5) is 0 Å². The van der Waals surface area contributed by atoms with Gasteiger partial charge in [0.2, 0.25) is 0 Å². The second-order valence-corrected chi connectivity index (χ2v) is 10.9. The third-order valence-electron chi connectivity index (χ3n) is 7.90. The van der Waals surface area contributed by atoms with Gasteiger partial charge in [0.05, 0.1) is 23.9 Å². The summed E-state index contributed by atoms with van der Waals surface area (Å²) >= 11 is 0. The van der Waals surface area contributed by atoms with Gasteiger partial charge in [-0.25, -0.2) is 0 Å². The van der Waals surface area contributed by atoms with Crippen molar-refractivity contribution < 1.29 is 9.53 Å². The highest BCUT2D eigenvalue weighted by Gasteiger charge is 2.35. The summed E-state index contributed by atoms with van der Waals surface area (Å²) in [5.74, 6) is -0.00367. The lowest BCUT2D eigenvalue weighted by Crippen LogP contribution is -2.43. The minimum absolute atomic E-state index is 0.00693. The number of carbonyl (C=O) groups excluding carboxylic acids is 1. The number of allylic oxidation sites excluding steroid dienone is 6. The summed E-state index contributed by atoms with van der Waals surface area (Å²) in [6.45, 7) is 4.81. The molecule has 0 aromatic rings. The summed E-state index contributed by atoms with van der Waals surface area (Å²) in [6.07, 6.45) is 20.3. The first kappa shape index (κ1) is 23.2. The lowest BCUT2D eigenvalue weighted by atomic mass is 9.77. The van der Waals surface area contributed by atoms with Crippen molar-refractivity contribution in [2.75, 3.05) is 6.54 Å². The van der Waals surface area contributed by atoms with Crippen LogP contribution in [0.15, 0.2) is 64.1 Å².